The van der Waals surface area contributed by atoms with Crippen LogP contribution in [0.5, 0.6) is 0 Å². The van der Waals surface area contributed by atoms with Crippen molar-refractivity contribution in [3.63, 3.8) is 0 Å². The first-order chi connectivity index (χ1) is 8.82. The molecule has 1 atom stereocenters. The zero-order valence-electron chi connectivity index (χ0n) is 10.7. The molecule has 0 heterocycles. The monoisotopic (exact) mass is 323 g/mol. The number of carbonyl (C=O) groups is 1. The van der Waals surface area contributed by atoms with E-state index >= 15 is 0 Å². The topological polar surface area (TPSA) is 55.4 Å². The lowest BCUT2D eigenvalue weighted by atomic mass is 10.1. The average molecular weight is 324 g/mol. The zero-order valence-corrected chi connectivity index (χ0v) is 13.1. The first-order valence-corrected chi connectivity index (χ1v) is 9.29. The van der Waals surface area contributed by atoms with Crippen LogP contribution in [-0.4, -0.2) is 11.6 Å². The van der Waals surface area contributed by atoms with Crippen LogP contribution in [-0.2, 0) is 20.8 Å². The van der Waals surface area contributed by atoms with Crippen LogP contribution in [0, 0.1) is 5.92 Å². The minimum atomic E-state index is -3.82. The molecule has 4 nitrogen and oxygen atoms in total. The lowest BCUT2D eigenvalue weighted by Gasteiger charge is -2.20. The maximum atomic E-state index is 11.8. The highest BCUT2D eigenvalue weighted by molar-refractivity contribution is 8.19. The van der Waals surface area contributed by atoms with Gasteiger partial charge in [0.05, 0.1) is 6.61 Å². The van der Waals surface area contributed by atoms with Gasteiger partial charge in [-0.2, -0.15) is 5.48 Å². The summed E-state index contributed by atoms with van der Waals surface area (Å²) >= 11 is 10.8. The predicted molar refractivity (Wildman–Crippen MR) is 77.3 cm³/mol. The Labute approximate surface area is 122 Å². The van der Waals surface area contributed by atoms with E-state index in [2.05, 4.69) is 5.48 Å². The molecule has 0 bridgehead atoms. The van der Waals surface area contributed by atoms with Crippen LogP contribution in [0.2, 0.25) is 0 Å². The molecule has 1 rings (SSSR count). The molecule has 1 aromatic carbocycles. The first-order valence-electron chi connectivity index (χ1n) is 5.77. The Kier molecular flexibility index (Phi) is 6.51. The standard InChI is InChI=1S/C12H16Cl2NO3P/c1-9(2)11(12(16)19(13,14)17)15-18-8-10-6-4-3-5-7-10/h3-7,9,11,15H,8H2,1-2H3/t11-/m0/s1. The second-order valence-electron chi connectivity index (χ2n) is 4.41. The van der Waals surface area contributed by atoms with E-state index in [9.17, 15) is 9.36 Å². The van der Waals surface area contributed by atoms with Crippen molar-refractivity contribution in [2.24, 2.45) is 5.92 Å². The first kappa shape index (κ1) is 16.7. The van der Waals surface area contributed by atoms with Gasteiger partial charge in [-0.3, -0.25) is 14.2 Å². The Morgan fingerprint density at radius 3 is 2.37 bits per heavy atom. The molecule has 0 fully saturated rings. The SMILES string of the molecule is CC(C)[C@H](NOCc1ccccc1)C(=O)P(=O)(Cl)Cl. The van der Waals surface area contributed by atoms with Crippen LogP contribution in [0.15, 0.2) is 30.3 Å². The van der Waals surface area contributed by atoms with Crippen molar-refractivity contribution in [2.45, 2.75) is 26.5 Å². The Balaban J connectivity index is 2.56. The summed E-state index contributed by atoms with van der Waals surface area (Å²) in [6, 6.07) is 8.65. The van der Waals surface area contributed by atoms with Crippen molar-refractivity contribution in [2.75, 3.05) is 0 Å². The molecular weight excluding hydrogens is 308 g/mol. The van der Waals surface area contributed by atoms with Gasteiger partial charge in [-0.05, 0) is 34.0 Å². The van der Waals surface area contributed by atoms with Crippen molar-refractivity contribution in [3.05, 3.63) is 35.9 Å². The highest BCUT2D eigenvalue weighted by atomic mass is 35.9. The number of carbonyl (C=O) groups excluding carboxylic acids is 1. The van der Waals surface area contributed by atoms with E-state index < -0.39 is 17.4 Å². The van der Waals surface area contributed by atoms with Gasteiger partial charge in [0.1, 0.15) is 6.04 Å². The maximum absolute atomic E-state index is 11.8. The van der Waals surface area contributed by atoms with E-state index in [1.165, 1.54) is 0 Å². The number of nitrogens with one attached hydrogen (secondary N) is 1. The van der Waals surface area contributed by atoms with Gasteiger partial charge in [0.15, 0.2) is 0 Å². The van der Waals surface area contributed by atoms with Crippen LogP contribution in [0.25, 0.3) is 0 Å². The van der Waals surface area contributed by atoms with Gasteiger partial charge in [-0.1, -0.05) is 44.2 Å². The van der Waals surface area contributed by atoms with Crippen LogP contribution >= 0.6 is 28.3 Å². The highest BCUT2D eigenvalue weighted by Crippen LogP contribution is 2.58. The third kappa shape index (κ3) is 5.64. The van der Waals surface area contributed by atoms with Crippen LogP contribution in [0.1, 0.15) is 19.4 Å². The summed E-state index contributed by atoms with van der Waals surface area (Å²) in [6.45, 7) is 3.85. The summed E-state index contributed by atoms with van der Waals surface area (Å²) < 4.78 is 11.4. The molecule has 0 spiro atoms. The smallest absolute Gasteiger partial charge is 0.296 e. The molecule has 1 aromatic rings. The van der Waals surface area contributed by atoms with Gasteiger partial charge in [0.25, 0.3) is 0 Å². The number of hydrogen-bond donors (Lipinski definition) is 1. The molecule has 7 heteroatoms. The molecule has 0 aliphatic carbocycles. The van der Waals surface area contributed by atoms with E-state index in [0.717, 1.165) is 5.56 Å². The molecule has 0 aliphatic rings. The van der Waals surface area contributed by atoms with Crippen LogP contribution in [0.3, 0.4) is 0 Å². The lowest BCUT2D eigenvalue weighted by molar-refractivity contribution is -0.119. The molecule has 0 unspecified atom stereocenters. The third-order valence-corrected chi connectivity index (χ3v) is 4.27. The van der Waals surface area contributed by atoms with Gasteiger partial charge in [0.2, 0.25) is 5.52 Å². The summed E-state index contributed by atoms with van der Waals surface area (Å²) in [5, 5.41) is 0. The summed E-state index contributed by atoms with van der Waals surface area (Å²) in [7, 11) is 0. The van der Waals surface area contributed by atoms with Crippen molar-refractivity contribution < 1.29 is 14.2 Å². The van der Waals surface area contributed by atoms with Crippen molar-refractivity contribution in [1.82, 2.24) is 5.48 Å². The van der Waals surface area contributed by atoms with E-state index in [1.54, 1.807) is 13.8 Å². The second kappa shape index (κ2) is 7.41. The van der Waals surface area contributed by atoms with Gasteiger partial charge >= 0.3 is 5.85 Å². The van der Waals surface area contributed by atoms with Gasteiger partial charge in [-0.25, -0.2) is 0 Å². The molecule has 0 amide bonds. The predicted octanol–water partition coefficient (Wildman–Crippen LogP) is 3.93. The molecule has 1 N–H and O–H groups in total. The Bertz CT molecular complexity index is 461. The Hall–Kier alpha value is -0.380. The average Bonchev–Trinajstić information content (AvgIpc) is 2.33. The number of benzene rings is 1. The molecule has 106 valence electrons. The molecule has 0 radical (unpaired) electrons. The maximum Gasteiger partial charge on any atom is 0.318 e. The summed E-state index contributed by atoms with van der Waals surface area (Å²) in [5.74, 6) is -3.96. The van der Waals surface area contributed by atoms with E-state index in [0.29, 0.717) is 0 Å². The normalized spacial score (nSPS) is 13.5. The summed E-state index contributed by atoms with van der Waals surface area (Å²) in [6.07, 6.45) is 0. The van der Waals surface area contributed by atoms with Crippen molar-refractivity contribution >= 4 is 33.9 Å². The minimum Gasteiger partial charge on any atom is -0.296 e. The van der Waals surface area contributed by atoms with Crippen molar-refractivity contribution in [1.29, 1.82) is 0 Å². The van der Waals surface area contributed by atoms with Gasteiger partial charge in [-0.15, -0.1) is 0 Å². The van der Waals surface area contributed by atoms with Crippen LogP contribution in [0.4, 0.5) is 0 Å². The molecule has 0 aromatic heterocycles. The largest absolute Gasteiger partial charge is 0.318 e. The minimum absolute atomic E-state index is 0.144. The summed E-state index contributed by atoms with van der Waals surface area (Å²) in [5.41, 5.74) is 2.80. The third-order valence-electron chi connectivity index (χ3n) is 2.48. The lowest BCUT2D eigenvalue weighted by Crippen LogP contribution is -2.39. The van der Waals surface area contributed by atoms with E-state index in [1.807, 2.05) is 30.3 Å². The highest BCUT2D eigenvalue weighted by Gasteiger charge is 2.35. The fraction of sp³-hybridized carbons (Fsp3) is 0.417. The number of halogens is 2. The Morgan fingerprint density at radius 1 is 1.32 bits per heavy atom. The fourth-order valence-electron chi connectivity index (χ4n) is 1.42. The molecule has 19 heavy (non-hydrogen) atoms. The van der Waals surface area contributed by atoms with Gasteiger partial charge < -0.3 is 0 Å². The van der Waals surface area contributed by atoms with Crippen LogP contribution < -0.4 is 5.48 Å². The molecular formula is C12H16Cl2NO3P. The van der Waals surface area contributed by atoms with E-state index in [-0.39, 0.29) is 12.5 Å². The summed E-state index contributed by atoms with van der Waals surface area (Å²) in [4.78, 5) is 17.0. The number of hydrogen-bond acceptors (Lipinski definition) is 4. The molecule has 0 saturated carbocycles. The quantitative estimate of drug-likeness (QED) is 0.610. The van der Waals surface area contributed by atoms with E-state index in [4.69, 9.17) is 27.3 Å². The number of rotatable bonds is 7. The fourth-order valence-corrected chi connectivity index (χ4v) is 2.73. The number of hydroxylamine groups is 1. The molecule has 0 aliphatic heterocycles. The second-order valence-corrected chi connectivity index (χ2v) is 9.16. The molecule has 0 saturated heterocycles. The Morgan fingerprint density at radius 2 is 1.89 bits per heavy atom. The van der Waals surface area contributed by atoms with Crippen molar-refractivity contribution in [3.8, 4) is 0 Å². The van der Waals surface area contributed by atoms with Gasteiger partial charge in [0, 0.05) is 0 Å². The zero-order chi connectivity index (χ0) is 14.5.